The average molecular weight is 230 g/mol. The fraction of sp³-hybridized carbons (Fsp3) is 0.583. The van der Waals surface area contributed by atoms with Crippen LogP contribution in [0.5, 0.6) is 0 Å². The van der Waals surface area contributed by atoms with Crippen molar-refractivity contribution in [3.05, 3.63) is 18.1 Å². The Hall–Kier alpha value is -1.67. The lowest BCUT2D eigenvalue weighted by atomic mass is 10.1. The van der Waals surface area contributed by atoms with Crippen molar-refractivity contribution in [2.75, 3.05) is 18.1 Å². The van der Waals surface area contributed by atoms with E-state index < -0.39 is 0 Å². The van der Waals surface area contributed by atoms with Gasteiger partial charge in [-0.05, 0) is 19.3 Å². The van der Waals surface area contributed by atoms with E-state index in [1.54, 1.807) is 12.4 Å². The summed E-state index contributed by atoms with van der Waals surface area (Å²) in [6.07, 6.45) is 6.94. The fourth-order valence-corrected chi connectivity index (χ4v) is 2.81. The molecule has 0 N–H and O–H groups in total. The predicted molar refractivity (Wildman–Crippen MR) is 61.5 cm³/mol. The molecule has 0 aromatic carbocycles. The van der Waals surface area contributed by atoms with E-state index in [2.05, 4.69) is 20.9 Å². The Morgan fingerprint density at radius 3 is 3.12 bits per heavy atom. The van der Waals surface area contributed by atoms with Crippen molar-refractivity contribution in [3.8, 4) is 6.07 Å². The number of anilines is 1. The second-order valence-electron chi connectivity index (χ2n) is 4.44. The highest BCUT2D eigenvalue weighted by molar-refractivity contribution is 5.51. The fourth-order valence-electron chi connectivity index (χ4n) is 2.81. The van der Waals surface area contributed by atoms with Crippen LogP contribution in [0.2, 0.25) is 0 Å². The van der Waals surface area contributed by atoms with E-state index in [-0.39, 0.29) is 0 Å². The highest BCUT2D eigenvalue weighted by Gasteiger charge is 2.37. The Morgan fingerprint density at radius 1 is 1.35 bits per heavy atom. The summed E-state index contributed by atoms with van der Waals surface area (Å²) in [5.74, 6) is 0.718. The molecule has 1 saturated carbocycles. The molecule has 2 aliphatic rings. The second-order valence-corrected chi connectivity index (χ2v) is 4.44. The molecule has 1 aromatic rings. The van der Waals surface area contributed by atoms with Crippen LogP contribution >= 0.6 is 0 Å². The van der Waals surface area contributed by atoms with Crippen molar-refractivity contribution in [2.24, 2.45) is 0 Å². The number of nitriles is 1. The van der Waals surface area contributed by atoms with E-state index in [1.807, 2.05) is 0 Å². The normalized spacial score (nSPS) is 27.6. The molecule has 1 aliphatic carbocycles. The van der Waals surface area contributed by atoms with Gasteiger partial charge in [0.1, 0.15) is 6.07 Å². The molecule has 0 amide bonds. The van der Waals surface area contributed by atoms with Crippen LogP contribution < -0.4 is 4.90 Å². The van der Waals surface area contributed by atoms with Gasteiger partial charge in [-0.15, -0.1) is 0 Å². The third-order valence-corrected chi connectivity index (χ3v) is 3.54. The molecule has 2 atom stereocenters. The van der Waals surface area contributed by atoms with Crippen LogP contribution in [-0.2, 0) is 4.74 Å². The van der Waals surface area contributed by atoms with Gasteiger partial charge in [0.25, 0.3) is 0 Å². The van der Waals surface area contributed by atoms with Crippen molar-refractivity contribution in [1.82, 2.24) is 9.97 Å². The molecule has 3 rings (SSSR count). The zero-order chi connectivity index (χ0) is 11.7. The summed E-state index contributed by atoms with van der Waals surface area (Å²) in [6, 6.07) is 2.48. The van der Waals surface area contributed by atoms with Crippen molar-refractivity contribution >= 4 is 5.82 Å². The molecule has 2 heterocycles. The topological polar surface area (TPSA) is 62.0 Å². The molecule has 0 bridgehead atoms. The number of fused-ring (bicyclic) bond motifs is 1. The van der Waals surface area contributed by atoms with E-state index in [9.17, 15) is 0 Å². The van der Waals surface area contributed by atoms with Gasteiger partial charge in [-0.3, -0.25) is 0 Å². The maximum absolute atomic E-state index is 9.08. The number of aromatic nitrogens is 2. The van der Waals surface area contributed by atoms with Gasteiger partial charge >= 0.3 is 0 Å². The summed E-state index contributed by atoms with van der Waals surface area (Å²) in [5, 5.41) is 9.08. The maximum Gasteiger partial charge on any atom is 0.183 e. The third kappa shape index (κ3) is 1.75. The van der Waals surface area contributed by atoms with Crippen LogP contribution in [0, 0.1) is 11.3 Å². The molecular formula is C12H14N4O. The number of hydrogen-bond acceptors (Lipinski definition) is 5. The van der Waals surface area contributed by atoms with E-state index in [4.69, 9.17) is 10.00 Å². The number of ether oxygens (including phenoxy) is 1. The van der Waals surface area contributed by atoms with Crippen LogP contribution in [0.3, 0.4) is 0 Å². The van der Waals surface area contributed by atoms with E-state index in [0.717, 1.165) is 25.2 Å². The van der Waals surface area contributed by atoms with Crippen LogP contribution in [0.15, 0.2) is 12.4 Å². The van der Waals surface area contributed by atoms with Gasteiger partial charge in [0.15, 0.2) is 11.5 Å². The summed E-state index contributed by atoms with van der Waals surface area (Å²) in [4.78, 5) is 10.6. The molecule has 88 valence electrons. The number of rotatable bonds is 1. The molecule has 1 saturated heterocycles. The summed E-state index contributed by atoms with van der Waals surface area (Å²) >= 11 is 0. The molecule has 1 aliphatic heterocycles. The highest BCUT2D eigenvalue weighted by Crippen LogP contribution is 2.32. The second kappa shape index (κ2) is 4.30. The van der Waals surface area contributed by atoms with Crippen molar-refractivity contribution in [1.29, 1.82) is 5.26 Å². The van der Waals surface area contributed by atoms with Gasteiger partial charge in [-0.25, -0.2) is 9.97 Å². The Bertz CT molecular complexity index is 456. The average Bonchev–Trinajstić information content (AvgIpc) is 2.86. The number of morpholine rings is 1. The van der Waals surface area contributed by atoms with Gasteiger partial charge in [0.05, 0.1) is 18.8 Å². The van der Waals surface area contributed by atoms with Crippen molar-refractivity contribution in [2.45, 2.75) is 31.4 Å². The van der Waals surface area contributed by atoms with Crippen molar-refractivity contribution in [3.63, 3.8) is 0 Å². The Labute approximate surface area is 100 Å². The lowest BCUT2D eigenvalue weighted by molar-refractivity contribution is 0.0253. The van der Waals surface area contributed by atoms with Crippen molar-refractivity contribution < 1.29 is 4.74 Å². The molecule has 17 heavy (non-hydrogen) atoms. The minimum atomic E-state index is 0.303. The van der Waals surface area contributed by atoms with E-state index in [1.165, 1.54) is 6.42 Å². The maximum atomic E-state index is 9.08. The Balaban J connectivity index is 1.95. The smallest absolute Gasteiger partial charge is 0.183 e. The Kier molecular flexibility index (Phi) is 2.65. The number of nitrogens with zero attached hydrogens (tertiary/aromatic N) is 4. The zero-order valence-corrected chi connectivity index (χ0v) is 9.54. The van der Waals surface area contributed by atoms with E-state index >= 15 is 0 Å². The molecule has 2 fully saturated rings. The van der Waals surface area contributed by atoms with Gasteiger partial charge in [-0.2, -0.15) is 5.26 Å². The van der Waals surface area contributed by atoms with Gasteiger partial charge in [-0.1, -0.05) is 0 Å². The molecule has 1 aromatic heterocycles. The molecule has 5 nitrogen and oxygen atoms in total. The van der Waals surface area contributed by atoms with Gasteiger partial charge in [0.2, 0.25) is 0 Å². The Morgan fingerprint density at radius 2 is 2.24 bits per heavy atom. The largest absolute Gasteiger partial charge is 0.374 e. The first kappa shape index (κ1) is 10.5. The van der Waals surface area contributed by atoms with E-state index in [0.29, 0.717) is 24.4 Å². The van der Waals surface area contributed by atoms with Gasteiger partial charge < -0.3 is 9.64 Å². The van der Waals surface area contributed by atoms with Crippen LogP contribution in [0.1, 0.15) is 25.0 Å². The summed E-state index contributed by atoms with van der Waals surface area (Å²) in [5.41, 5.74) is 0.417. The standard InChI is InChI=1S/C12H14N4O/c13-8-9-12(15-5-4-14-9)16-6-7-17-11-3-1-2-10(11)16/h4-5,10-11H,1-3,6-7H2. The molecule has 0 spiro atoms. The minimum Gasteiger partial charge on any atom is -0.374 e. The van der Waals surface area contributed by atoms with Gasteiger partial charge in [0, 0.05) is 18.9 Å². The quantitative estimate of drug-likeness (QED) is 0.723. The SMILES string of the molecule is N#Cc1nccnc1N1CCOC2CCCC21. The summed E-state index contributed by atoms with van der Waals surface area (Å²) in [6.45, 7) is 1.51. The van der Waals surface area contributed by atoms with Crippen LogP contribution in [0.25, 0.3) is 0 Å². The molecular weight excluding hydrogens is 216 g/mol. The lowest BCUT2D eigenvalue weighted by Gasteiger charge is -2.38. The summed E-state index contributed by atoms with van der Waals surface area (Å²) in [7, 11) is 0. The predicted octanol–water partition coefficient (Wildman–Crippen LogP) is 1.11. The third-order valence-electron chi connectivity index (χ3n) is 3.54. The first-order valence-corrected chi connectivity index (χ1v) is 5.99. The van der Waals surface area contributed by atoms with Crippen LogP contribution in [0.4, 0.5) is 5.82 Å². The zero-order valence-electron chi connectivity index (χ0n) is 9.54. The first-order valence-electron chi connectivity index (χ1n) is 5.99. The molecule has 2 unspecified atom stereocenters. The number of hydrogen-bond donors (Lipinski definition) is 0. The highest BCUT2D eigenvalue weighted by atomic mass is 16.5. The lowest BCUT2D eigenvalue weighted by Crippen LogP contribution is -2.49. The molecule has 0 radical (unpaired) electrons. The first-order chi connectivity index (χ1) is 8.40. The van der Waals surface area contributed by atoms with Crippen LogP contribution in [-0.4, -0.2) is 35.3 Å². The molecule has 5 heteroatoms. The summed E-state index contributed by atoms with van der Waals surface area (Å²) < 4.78 is 5.75. The monoisotopic (exact) mass is 230 g/mol. The minimum absolute atomic E-state index is 0.303.